The maximum atomic E-state index is 11.8. The first kappa shape index (κ1) is 21.7. The minimum absolute atomic E-state index is 0. The number of carbonyl (C=O) groups is 1. The first-order valence-electron chi connectivity index (χ1n) is 7.80. The van der Waals surface area contributed by atoms with Gasteiger partial charge in [0.05, 0.1) is 12.6 Å². The zero-order valence-corrected chi connectivity index (χ0v) is 15.4. The average Bonchev–Trinajstić information content (AvgIpc) is 2.49. The Labute approximate surface area is 146 Å². The van der Waals surface area contributed by atoms with E-state index in [1.165, 1.54) is 0 Å². The summed E-state index contributed by atoms with van der Waals surface area (Å²) in [6, 6.07) is 7.32. The number of halogens is 1. The van der Waals surface area contributed by atoms with Gasteiger partial charge in [0.1, 0.15) is 5.75 Å². The molecule has 0 aromatic heterocycles. The molecule has 0 heterocycles. The second-order valence-corrected chi connectivity index (χ2v) is 6.14. The molecule has 3 N–H and O–H groups in total. The molecular weight excluding hydrogens is 314 g/mol. The Morgan fingerprint density at radius 1 is 1.26 bits per heavy atom. The summed E-state index contributed by atoms with van der Waals surface area (Å²) in [5.41, 5.74) is 6.83. The van der Waals surface area contributed by atoms with E-state index in [0.717, 1.165) is 24.3 Å². The van der Waals surface area contributed by atoms with Crippen molar-refractivity contribution in [3.05, 3.63) is 29.8 Å². The summed E-state index contributed by atoms with van der Waals surface area (Å²) in [4.78, 5) is 13.9. The molecule has 0 radical (unpaired) electrons. The summed E-state index contributed by atoms with van der Waals surface area (Å²) in [5, 5.41) is 2.85. The molecule has 0 saturated carbocycles. The number of nitrogens with one attached hydrogen (secondary N) is 1. The van der Waals surface area contributed by atoms with Crippen LogP contribution in [-0.2, 0) is 11.3 Å². The Hall–Kier alpha value is -1.30. The van der Waals surface area contributed by atoms with Crippen molar-refractivity contribution >= 4 is 18.3 Å². The number of ether oxygens (including phenoxy) is 1. The molecule has 132 valence electrons. The van der Waals surface area contributed by atoms with Crippen LogP contribution in [0.2, 0.25) is 0 Å². The number of hydrogen-bond acceptors (Lipinski definition) is 4. The van der Waals surface area contributed by atoms with E-state index >= 15 is 0 Å². The third kappa shape index (κ3) is 8.79. The van der Waals surface area contributed by atoms with Gasteiger partial charge in [-0.1, -0.05) is 26.0 Å². The van der Waals surface area contributed by atoms with Gasteiger partial charge in [0.15, 0.2) is 0 Å². The lowest BCUT2D eigenvalue weighted by atomic mass is 10.0. The van der Waals surface area contributed by atoms with Crippen molar-refractivity contribution in [2.24, 2.45) is 11.7 Å². The summed E-state index contributed by atoms with van der Waals surface area (Å²) >= 11 is 0. The van der Waals surface area contributed by atoms with E-state index in [9.17, 15) is 4.79 Å². The van der Waals surface area contributed by atoms with Crippen molar-refractivity contribution < 1.29 is 9.53 Å². The van der Waals surface area contributed by atoms with E-state index in [2.05, 4.69) is 10.2 Å². The topological polar surface area (TPSA) is 67.6 Å². The molecule has 0 spiro atoms. The lowest BCUT2D eigenvalue weighted by Gasteiger charge is -2.15. The standard InChI is InChI=1S/C17H29N3O2.ClH/c1-13(2)16(18)17(21)19-12-14-6-8-15(9-7-14)22-11-5-10-20(3)4;/h6-9,13,16H,5,10-12,18H2,1-4H3,(H,19,21);1H/t16-;/m0./s1. The van der Waals surface area contributed by atoms with Crippen molar-refractivity contribution in [3.8, 4) is 5.75 Å². The van der Waals surface area contributed by atoms with E-state index < -0.39 is 6.04 Å². The molecule has 0 aliphatic carbocycles. The average molecular weight is 344 g/mol. The molecule has 0 aliphatic rings. The zero-order valence-electron chi connectivity index (χ0n) is 14.5. The van der Waals surface area contributed by atoms with Crippen LogP contribution in [0.1, 0.15) is 25.8 Å². The van der Waals surface area contributed by atoms with Gasteiger partial charge in [-0.2, -0.15) is 0 Å². The van der Waals surface area contributed by atoms with E-state index in [1.54, 1.807) is 0 Å². The minimum atomic E-state index is -0.459. The van der Waals surface area contributed by atoms with Crippen LogP contribution in [0.25, 0.3) is 0 Å². The fraction of sp³-hybridized carbons (Fsp3) is 0.588. The molecule has 0 fully saturated rings. The first-order valence-corrected chi connectivity index (χ1v) is 7.80. The Balaban J connectivity index is 0.00000484. The van der Waals surface area contributed by atoms with E-state index in [4.69, 9.17) is 10.5 Å². The van der Waals surface area contributed by atoms with Gasteiger partial charge in [0.2, 0.25) is 5.91 Å². The quantitative estimate of drug-likeness (QED) is 0.673. The van der Waals surface area contributed by atoms with Gasteiger partial charge in [-0.25, -0.2) is 0 Å². The van der Waals surface area contributed by atoms with Crippen LogP contribution in [0.3, 0.4) is 0 Å². The Bertz CT molecular complexity index is 450. The molecule has 1 atom stereocenters. The van der Waals surface area contributed by atoms with Crippen LogP contribution in [-0.4, -0.2) is 44.1 Å². The number of benzene rings is 1. The van der Waals surface area contributed by atoms with E-state index in [0.29, 0.717) is 13.2 Å². The predicted molar refractivity (Wildman–Crippen MR) is 97.0 cm³/mol. The summed E-state index contributed by atoms with van der Waals surface area (Å²) in [5.74, 6) is 0.879. The maximum Gasteiger partial charge on any atom is 0.237 e. The molecular formula is C17H30ClN3O2. The molecule has 0 saturated heterocycles. The smallest absolute Gasteiger partial charge is 0.237 e. The number of hydrogen-bond donors (Lipinski definition) is 2. The zero-order chi connectivity index (χ0) is 16.5. The number of nitrogens with zero attached hydrogens (tertiary/aromatic N) is 1. The molecule has 0 unspecified atom stereocenters. The molecule has 0 bridgehead atoms. The molecule has 1 aromatic rings. The highest BCUT2D eigenvalue weighted by molar-refractivity contribution is 5.85. The number of amides is 1. The summed E-state index contributed by atoms with van der Waals surface area (Å²) in [6.45, 7) is 6.08. The van der Waals surface area contributed by atoms with Crippen LogP contribution in [0, 0.1) is 5.92 Å². The highest BCUT2D eigenvalue weighted by Gasteiger charge is 2.16. The number of nitrogens with two attached hydrogens (primary N) is 1. The van der Waals surface area contributed by atoms with Crippen LogP contribution >= 0.6 is 12.4 Å². The normalized spacial score (nSPS) is 12.0. The van der Waals surface area contributed by atoms with Gasteiger partial charge in [0, 0.05) is 13.1 Å². The third-order valence-electron chi connectivity index (χ3n) is 3.43. The molecule has 1 aromatic carbocycles. The highest BCUT2D eigenvalue weighted by atomic mass is 35.5. The number of carbonyl (C=O) groups excluding carboxylic acids is 1. The van der Waals surface area contributed by atoms with E-state index in [1.807, 2.05) is 52.2 Å². The minimum Gasteiger partial charge on any atom is -0.494 e. The summed E-state index contributed by atoms with van der Waals surface area (Å²) in [7, 11) is 4.10. The summed E-state index contributed by atoms with van der Waals surface area (Å²) in [6.07, 6.45) is 0.998. The van der Waals surface area contributed by atoms with Gasteiger partial charge in [0.25, 0.3) is 0 Å². The first-order chi connectivity index (χ1) is 10.4. The molecule has 1 amide bonds. The monoisotopic (exact) mass is 343 g/mol. The van der Waals surface area contributed by atoms with Gasteiger partial charge < -0.3 is 20.7 Å². The van der Waals surface area contributed by atoms with Gasteiger partial charge in [-0.05, 0) is 44.1 Å². The molecule has 1 rings (SSSR count). The molecule has 0 aliphatic heterocycles. The van der Waals surface area contributed by atoms with Crippen LogP contribution in [0.4, 0.5) is 0 Å². The predicted octanol–water partition coefficient (Wildman–Crippen LogP) is 2.04. The fourth-order valence-corrected chi connectivity index (χ4v) is 1.88. The molecule has 23 heavy (non-hydrogen) atoms. The van der Waals surface area contributed by atoms with Crippen LogP contribution < -0.4 is 15.8 Å². The largest absolute Gasteiger partial charge is 0.494 e. The van der Waals surface area contributed by atoms with Crippen molar-refractivity contribution in [3.63, 3.8) is 0 Å². The SMILES string of the molecule is CC(C)[C@H](N)C(=O)NCc1ccc(OCCCN(C)C)cc1.Cl. The Morgan fingerprint density at radius 2 is 1.87 bits per heavy atom. The Kier molecular flexibility index (Phi) is 10.6. The van der Waals surface area contributed by atoms with E-state index in [-0.39, 0.29) is 24.2 Å². The number of rotatable bonds is 9. The lowest BCUT2D eigenvalue weighted by molar-refractivity contribution is -0.123. The van der Waals surface area contributed by atoms with Crippen LogP contribution in [0.15, 0.2) is 24.3 Å². The maximum absolute atomic E-state index is 11.8. The van der Waals surface area contributed by atoms with Crippen molar-refractivity contribution in [2.75, 3.05) is 27.2 Å². The second-order valence-electron chi connectivity index (χ2n) is 6.14. The summed E-state index contributed by atoms with van der Waals surface area (Å²) < 4.78 is 5.67. The lowest BCUT2D eigenvalue weighted by Crippen LogP contribution is -2.43. The van der Waals surface area contributed by atoms with Gasteiger partial charge >= 0.3 is 0 Å². The van der Waals surface area contributed by atoms with Crippen molar-refractivity contribution in [1.82, 2.24) is 10.2 Å². The van der Waals surface area contributed by atoms with Crippen molar-refractivity contribution in [2.45, 2.75) is 32.9 Å². The highest BCUT2D eigenvalue weighted by Crippen LogP contribution is 2.12. The second kappa shape index (κ2) is 11.3. The fourth-order valence-electron chi connectivity index (χ4n) is 1.88. The van der Waals surface area contributed by atoms with Crippen molar-refractivity contribution in [1.29, 1.82) is 0 Å². The van der Waals surface area contributed by atoms with Crippen LogP contribution in [0.5, 0.6) is 5.75 Å². The molecule has 6 heteroatoms. The Morgan fingerprint density at radius 3 is 2.39 bits per heavy atom. The van der Waals surface area contributed by atoms with Gasteiger partial charge in [-0.15, -0.1) is 12.4 Å². The van der Waals surface area contributed by atoms with Gasteiger partial charge in [-0.3, -0.25) is 4.79 Å². The molecule has 5 nitrogen and oxygen atoms in total. The third-order valence-corrected chi connectivity index (χ3v) is 3.43.